The van der Waals surface area contributed by atoms with Crippen molar-refractivity contribution in [2.45, 2.75) is 64.0 Å². The average molecular weight is 703 g/mol. The highest BCUT2D eigenvalue weighted by Gasteiger charge is 2.41. The number of pyridine rings is 2. The molecule has 2 saturated heterocycles. The molecule has 11 nitrogen and oxygen atoms in total. The molecule has 0 saturated carbocycles. The Bertz CT molecular complexity index is 1930. The molecular formula is C33H35ClF4N8O3. The van der Waals surface area contributed by atoms with Crippen molar-refractivity contribution in [2.24, 2.45) is 0 Å². The number of anilines is 3. The van der Waals surface area contributed by atoms with Crippen LogP contribution in [0.4, 0.5) is 35.0 Å². The molecule has 0 spiro atoms. The number of alkyl halides is 3. The fourth-order valence-corrected chi connectivity index (χ4v) is 7.56. The van der Waals surface area contributed by atoms with Crippen LogP contribution < -0.4 is 25.8 Å². The summed E-state index contributed by atoms with van der Waals surface area (Å²) in [5.41, 5.74) is 9.65. The van der Waals surface area contributed by atoms with Crippen LogP contribution in [-0.2, 0) is 10.9 Å². The van der Waals surface area contributed by atoms with Crippen LogP contribution >= 0.6 is 11.6 Å². The lowest BCUT2D eigenvalue weighted by atomic mass is 9.98. The molecule has 0 unspecified atom stereocenters. The maximum atomic E-state index is 17.0. The maximum Gasteiger partial charge on any atom is 0.418 e. The van der Waals surface area contributed by atoms with E-state index in [0.717, 1.165) is 25.5 Å². The first-order valence-electron chi connectivity index (χ1n) is 16.0. The zero-order chi connectivity index (χ0) is 34.8. The largest absolute Gasteiger partial charge is 0.489 e. The van der Waals surface area contributed by atoms with Crippen LogP contribution in [0.2, 0.25) is 5.02 Å². The SMILES string of the molecule is Cc1cc(N)nc(-c2c(Cl)c3c4c(nc(OC[C@H]5CC[C@@H]6CO[C@@H](C)CN56)nc4c2F)N([C@H](C)c2cccnc2N)CCO3)c1C(F)(F)F. The molecule has 0 bridgehead atoms. The van der Waals surface area contributed by atoms with Gasteiger partial charge in [0.05, 0.1) is 52.5 Å². The number of nitrogens with zero attached hydrogens (tertiary/aromatic N) is 6. The van der Waals surface area contributed by atoms with E-state index in [1.165, 1.54) is 6.92 Å². The number of rotatable bonds is 6. The van der Waals surface area contributed by atoms with Gasteiger partial charge in [-0.2, -0.15) is 23.1 Å². The quantitative estimate of drug-likeness (QED) is 0.230. The molecule has 3 aliphatic rings. The monoisotopic (exact) mass is 702 g/mol. The molecule has 3 aliphatic heterocycles. The lowest BCUT2D eigenvalue weighted by molar-refractivity contribution is -0.137. The highest BCUT2D eigenvalue weighted by Crippen LogP contribution is 2.51. The molecule has 0 radical (unpaired) electrons. The summed E-state index contributed by atoms with van der Waals surface area (Å²) in [6.45, 7) is 6.95. The fourth-order valence-electron chi connectivity index (χ4n) is 7.23. The molecule has 0 aliphatic carbocycles. The fraction of sp³-hybridized carbons (Fsp3) is 0.455. The third-order valence-corrected chi connectivity index (χ3v) is 9.92. The van der Waals surface area contributed by atoms with Crippen LogP contribution in [0, 0.1) is 12.7 Å². The van der Waals surface area contributed by atoms with Gasteiger partial charge in [-0.1, -0.05) is 17.7 Å². The molecule has 0 amide bonds. The van der Waals surface area contributed by atoms with E-state index in [4.69, 9.17) is 42.3 Å². The van der Waals surface area contributed by atoms with Gasteiger partial charge in [-0.3, -0.25) is 4.90 Å². The Balaban J connectivity index is 1.41. The second-order valence-corrected chi connectivity index (χ2v) is 13.1. The van der Waals surface area contributed by atoms with E-state index in [0.29, 0.717) is 18.0 Å². The van der Waals surface area contributed by atoms with Crippen molar-refractivity contribution in [3.05, 3.63) is 51.9 Å². The Hall–Kier alpha value is -4.21. The number of fused-ring (bicyclic) bond motifs is 1. The van der Waals surface area contributed by atoms with E-state index >= 15 is 4.39 Å². The van der Waals surface area contributed by atoms with Gasteiger partial charge in [0.15, 0.2) is 11.6 Å². The number of aryl methyl sites for hydroxylation is 1. The van der Waals surface area contributed by atoms with E-state index in [1.54, 1.807) is 12.3 Å². The summed E-state index contributed by atoms with van der Waals surface area (Å²) in [5.74, 6) is -0.967. The first-order valence-corrected chi connectivity index (χ1v) is 16.4. The lowest BCUT2D eigenvalue weighted by Gasteiger charge is -2.37. The number of aromatic nitrogens is 4. The second kappa shape index (κ2) is 12.6. The standard InChI is InChI=1S/C33H35ClF4N8O3/c1-15-11-21(39)42-27(24(15)33(36,37)38)22-25(34)29-23-28(26(22)35)43-32(49-14-19-7-6-18-13-48-16(2)12-46(18)19)44-31(23)45(9-10-47-29)17(3)20-5-4-8-41-30(20)40/h4-5,8,11,16-19H,6-7,9-10,12-14H2,1-3H3,(H2,39,42)(H2,40,41)/t16-,17+,18+,19+/m0/s1. The number of hydrogen-bond donors (Lipinski definition) is 2. The Kier molecular flexibility index (Phi) is 8.56. The van der Waals surface area contributed by atoms with E-state index in [1.807, 2.05) is 24.8 Å². The first-order chi connectivity index (χ1) is 23.3. The van der Waals surface area contributed by atoms with Gasteiger partial charge in [0, 0.05) is 30.4 Å². The van der Waals surface area contributed by atoms with Gasteiger partial charge in [0.25, 0.3) is 0 Å². The Morgan fingerprint density at radius 3 is 2.73 bits per heavy atom. The second-order valence-electron chi connectivity index (χ2n) is 12.7. The minimum Gasteiger partial charge on any atom is -0.489 e. The van der Waals surface area contributed by atoms with Crippen LogP contribution in [0.25, 0.3) is 22.2 Å². The Morgan fingerprint density at radius 1 is 1.18 bits per heavy atom. The number of hydrogen-bond acceptors (Lipinski definition) is 11. The van der Waals surface area contributed by atoms with Crippen LogP contribution in [0.5, 0.6) is 11.8 Å². The van der Waals surface area contributed by atoms with Crippen molar-refractivity contribution < 1.29 is 31.8 Å². The maximum absolute atomic E-state index is 17.0. The normalized spacial score (nSPS) is 21.7. The smallest absolute Gasteiger partial charge is 0.418 e. The first kappa shape index (κ1) is 33.3. The van der Waals surface area contributed by atoms with E-state index < -0.39 is 39.9 Å². The van der Waals surface area contributed by atoms with E-state index in [-0.39, 0.29) is 77.8 Å². The molecule has 3 aromatic heterocycles. The molecule has 4 N–H and O–H groups in total. The predicted molar refractivity (Wildman–Crippen MR) is 176 cm³/mol. The van der Waals surface area contributed by atoms with Gasteiger partial charge in [-0.15, -0.1) is 0 Å². The summed E-state index contributed by atoms with van der Waals surface area (Å²) in [6.07, 6.45) is -1.47. The molecule has 4 aromatic rings. The Morgan fingerprint density at radius 2 is 1.98 bits per heavy atom. The van der Waals surface area contributed by atoms with Crippen molar-refractivity contribution in [1.82, 2.24) is 24.8 Å². The average Bonchev–Trinajstić information content (AvgIpc) is 3.33. The summed E-state index contributed by atoms with van der Waals surface area (Å²) in [7, 11) is 0. The van der Waals surface area contributed by atoms with Crippen molar-refractivity contribution in [2.75, 3.05) is 49.3 Å². The number of benzene rings is 1. The van der Waals surface area contributed by atoms with Gasteiger partial charge in [0.2, 0.25) is 0 Å². The lowest BCUT2D eigenvalue weighted by Crippen LogP contribution is -2.49. The topological polar surface area (TPSA) is 138 Å². The number of nitrogen functional groups attached to an aromatic ring is 2. The molecule has 49 heavy (non-hydrogen) atoms. The molecular weight excluding hydrogens is 668 g/mol. The van der Waals surface area contributed by atoms with Crippen molar-refractivity contribution in [3.8, 4) is 23.0 Å². The molecule has 2 fully saturated rings. The van der Waals surface area contributed by atoms with Crippen molar-refractivity contribution in [3.63, 3.8) is 0 Å². The number of ether oxygens (including phenoxy) is 3. The van der Waals surface area contributed by atoms with Crippen molar-refractivity contribution in [1.29, 1.82) is 0 Å². The van der Waals surface area contributed by atoms with Crippen LogP contribution in [-0.4, -0.2) is 75.9 Å². The van der Waals surface area contributed by atoms with Gasteiger partial charge < -0.3 is 30.6 Å². The summed E-state index contributed by atoms with van der Waals surface area (Å²) in [6, 6.07) is 4.34. The summed E-state index contributed by atoms with van der Waals surface area (Å²) in [4.78, 5) is 21.6. The molecule has 7 rings (SSSR count). The summed E-state index contributed by atoms with van der Waals surface area (Å²) in [5, 5.41) is -0.345. The minimum absolute atomic E-state index is 0.0190. The molecule has 16 heteroatoms. The van der Waals surface area contributed by atoms with Gasteiger partial charge >= 0.3 is 12.2 Å². The van der Waals surface area contributed by atoms with Gasteiger partial charge in [0.1, 0.15) is 36.2 Å². The Labute approximate surface area is 284 Å². The summed E-state index contributed by atoms with van der Waals surface area (Å²) >= 11 is 6.80. The number of morpholine rings is 1. The molecule has 260 valence electrons. The van der Waals surface area contributed by atoms with Crippen LogP contribution in [0.3, 0.4) is 0 Å². The molecule has 4 atom stereocenters. The summed E-state index contributed by atoms with van der Waals surface area (Å²) < 4.78 is 78.5. The highest BCUT2D eigenvalue weighted by molar-refractivity contribution is 6.36. The zero-order valence-corrected chi connectivity index (χ0v) is 27.8. The van der Waals surface area contributed by atoms with E-state index in [9.17, 15) is 13.2 Å². The third kappa shape index (κ3) is 5.91. The molecule has 1 aromatic carbocycles. The predicted octanol–water partition coefficient (Wildman–Crippen LogP) is 5.96. The van der Waals surface area contributed by atoms with E-state index in [2.05, 4.69) is 19.9 Å². The van der Waals surface area contributed by atoms with Gasteiger partial charge in [-0.25, -0.2) is 14.4 Å². The van der Waals surface area contributed by atoms with Crippen LogP contribution in [0.1, 0.15) is 49.4 Å². The van der Waals surface area contributed by atoms with Gasteiger partial charge in [-0.05, 0) is 51.3 Å². The third-order valence-electron chi connectivity index (χ3n) is 9.56. The number of nitrogens with two attached hydrogens (primary N) is 2. The zero-order valence-electron chi connectivity index (χ0n) is 27.0. The molecule has 6 heterocycles. The van der Waals surface area contributed by atoms with Crippen LogP contribution in [0.15, 0.2) is 24.4 Å². The highest BCUT2D eigenvalue weighted by atomic mass is 35.5. The number of halogens is 5. The van der Waals surface area contributed by atoms with Crippen molar-refractivity contribution >= 4 is 40.0 Å². The minimum atomic E-state index is -4.91.